The Morgan fingerprint density at radius 1 is 1.12 bits per heavy atom. The van der Waals surface area contributed by atoms with Gasteiger partial charge in [0.05, 0.1) is 36.9 Å². The van der Waals surface area contributed by atoms with E-state index < -0.39 is 11.7 Å². The van der Waals surface area contributed by atoms with Gasteiger partial charge in [-0.3, -0.25) is 0 Å². The first-order valence-corrected chi connectivity index (χ1v) is 9.41. The molecule has 7 unspecified atom stereocenters. The van der Waals surface area contributed by atoms with E-state index in [1.54, 1.807) is 28.1 Å². The molecule has 25 heavy (non-hydrogen) atoms. The van der Waals surface area contributed by atoms with Crippen LogP contribution in [0.5, 0.6) is 0 Å². The topological polar surface area (TPSA) is 94.0 Å². The maximum atomic E-state index is 10.0. The fourth-order valence-electron chi connectivity index (χ4n) is 4.81. The minimum Gasteiger partial charge on any atom is -0.388 e. The number of methoxy groups -OCH3 is 2. The van der Waals surface area contributed by atoms with Crippen molar-refractivity contribution in [2.75, 3.05) is 27.4 Å². The van der Waals surface area contributed by atoms with Gasteiger partial charge in [-0.25, -0.2) is 0 Å². The first-order valence-electron chi connectivity index (χ1n) is 9.41. The first kappa shape index (κ1) is 19.5. The van der Waals surface area contributed by atoms with Crippen molar-refractivity contribution in [2.45, 2.75) is 75.4 Å². The molecule has 0 aromatic carbocycles. The van der Waals surface area contributed by atoms with Gasteiger partial charge in [-0.1, -0.05) is 0 Å². The van der Waals surface area contributed by atoms with E-state index in [0.717, 1.165) is 25.9 Å². The van der Waals surface area contributed by atoms with Crippen molar-refractivity contribution in [1.82, 2.24) is 0 Å². The highest BCUT2D eigenvalue weighted by Gasteiger charge is 2.56. The van der Waals surface area contributed by atoms with Gasteiger partial charge in [0.25, 0.3) is 0 Å². The fourth-order valence-corrected chi connectivity index (χ4v) is 4.81. The number of hydrogen-bond donors (Lipinski definition) is 3. The summed E-state index contributed by atoms with van der Waals surface area (Å²) >= 11 is 0. The molecule has 8 atom stereocenters. The van der Waals surface area contributed by atoms with Crippen molar-refractivity contribution in [3.8, 4) is 0 Å². The molecule has 0 amide bonds. The molecule has 2 aliphatic heterocycles. The number of ether oxygens (including phenoxy) is 4. The Balaban J connectivity index is 1.68. The Kier molecular flexibility index (Phi) is 6.05. The normalized spacial score (nSPS) is 42.7. The Morgan fingerprint density at radius 3 is 2.48 bits per heavy atom. The van der Waals surface area contributed by atoms with Crippen molar-refractivity contribution in [3.05, 3.63) is 0 Å². The summed E-state index contributed by atoms with van der Waals surface area (Å²) in [7, 11) is 3.51. The average molecular weight is 360 g/mol. The Hall–Kier alpha value is -0.280. The zero-order valence-corrected chi connectivity index (χ0v) is 15.8. The number of aliphatic hydroxyl groups is 2. The number of nitrogens with two attached hydrogens (primary N) is 1. The summed E-state index contributed by atoms with van der Waals surface area (Å²) in [5.41, 5.74) is -1.18. The van der Waals surface area contributed by atoms with Gasteiger partial charge >= 0.3 is 0 Å². The van der Waals surface area contributed by atoms with Crippen LogP contribution in [0, 0.1) is 11.8 Å². The smallest absolute Gasteiger partial charge is 0.195 e. The summed E-state index contributed by atoms with van der Waals surface area (Å²) in [4.78, 5) is 0. The molecule has 4 N–H and O–H groups in total. The van der Waals surface area contributed by atoms with Gasteiger partial charge in [0.1, 0.15) is 18.2 Å². The van der Waals surface area contributed by atoms with E-state index >= 15 is 0 Å². The molecule has 2 heterocycles. The Morgan fingerprint density at radius 2 is 1.84 bits per heavy atom. The summed E-state index contributed by atoms with van der Waals surface area (Å²) < 4.78 is 23.6. The largest absolute Gasteiger partial charge is 0.388 e. The van der Waals surface area contributed by atoms with E-state index in [9.17, 15) is 10.2 Å². The summed E-state index contributed by atoms with van der Waals surface area (Å²) in [6, 6.07) is 0.215. The lowest BCUT2D eigenvalue weighted by molar-refractivity contribution is -0.783. The van der Waals surface area contributed by atoms with E-state index in [0.29, 0.717) is 11.8 Å². The minimum atomic E-state index is -1.18. The average Bonchev–Trinajstić information content (AvgIpc) is 3.04. The van der Waals surface area contributed by atoms with Crippen LogP contribution in [0.15, 0.2) is 0 Å². The summed E-state index contributed by atoms with van der Waals surface area (Å²) in [5.74, 6) is 0.857. The molecule has 7 heteroatoms. The van der Waals surface area contributed by atoms with Crippen LogP contribution < -0.4 is 5.32 Å². The lowest BCUT2D eigenvalue weighted by atomic mass is 9.70. The molecule has 1 saturated carbocycles. The third kappa shape index (κ3) is 3.88. The van der Waals surface area contributed by atoms with Crippen LogP contribution in [0.2, 0.25) is 0 Å². The van der Waals surface area contributed by atoms with Crippen molar-refractivity contribution >= 4 is 0 Å². The fraction of sp³-hybridized carbons (Fsp3) is 1.00. The number of fused-ring (bicyclic) bond motifs is 2. The lowest BCUT2D eigenvalue weighted by Gasteiger charge is -2.48. The predicted molar refractivity (Wildman–Crippen MR) is 89.9 cm³/mol. The number of rotatable bonds is 6. The second kappa shape index (κ2) is 7.76. The number of hydrogen-bond acceptors (Lipinski definition) is 6. The molecule has 1 aliphatic carbocycles. The van der Waals surface area contributed by atoms with Crippen LogP contribution >= 0.6 is 0 Å². The number of quaternary nitrogens is 1. The number of aliphatic hydroxyl groups excluding tert-OH is 1. The zero-order chi connectivity index (χ0) is 18.2. The Bertz CT molecular complexity index is 442. The van der Waals surface area contributed by atoms with E-state index in [4.69, 9.17) is 18.9 Å². The van der Waals surface area contributed by atoms with Crippen LogP contribution in [0.4, 0.5) is 0 Å². The molecule has 3 rings (SSSR count). The SMILES string of the molecule is COC1C2CCOC2[NH2+]C2C1CCC(OC[C@@H](O)C(C)(C)O)C2OC. The third-order valence-corrected chi connectivity index (χ3v) is 6.29. The van der Waals surface area contributed by atoms with Gasteiger partial charge in [0.15, 0.2) is 6.23 Å². The van der Waals surface area contributed by atoms with Crippen molar-refractivity contribution in [3.63, 3.8) is 0 Å². The molecule has 0 bridgehead atoms. The van der Waals surface area contributed by atoms with Gasteiger partial charge in [-0.05, 0) is 33.1 Å². The third-order valence-electron chi connectivity index (χ3n) is 6.29. The predicted octanol–water partition coefficient (Wildman–Crippen LogP) is -0.748. The van der Waals surface area contributed by atoms with Gasteiger partial charge in [-0.2, -0.15) is 0 Å². The van der Waals surface area contributed by atoms with E-state index in [-0.39, 0.29) is 37.2 Å². The zero-order valence-electron chi connectivity index (χ0n) is 15.8. The van der Waals surface area contributed by atoms with Gasteiger partial charge in [0.2, 0.25) is 0 Å². The number of piperidine rings is 1. The maximum absolute atomic E-state index is 10.0. The minimum absolute atomic E-state index is 0.0874. The van der Waals surface area contributed by atoms with Gasteiger partial charge < -0.3 is 34.5 Å². The molecule has 7 nitrogen and oxygen atoms in total. The molecule has 3 fully saturated rings. The first-order chi connectivity index (χ1) is 11.9. The van der Waals surface area contributed by atoms with Crippen LogP contribution in [-0.2, 0) is 18.9 Å². The van der Waals surface area contributed by atoms with Crippen LogP contribution in [0.1, 0.15) is 33.1 Å². The second-order valence-electron chi connectivity index (χ2n) is 8.24. The standard InChI is InChI=1S/C18H33NO6/c1-18(2,21)13(20)9-25-12-6-5-10-14(16(12)23-4)19-17-11(7-8-24-17)15(10)22-3/h10-17,19-21H,5-9H2,1-4H3/p+1/t10?,11?,12?,13-,14?,15?,16?,17?/m1/s1. The quantitative estimate of drug-likeness (QED) is 0.577. The van der Waals surface area contributed by atoms with Gasteiger partial charge in [0, 0.05) is 20.1 Å². The van der Waals surface area contributed by atoms with E-state index in [2.05, 4.69) is 5.32 Å². The van der Waals surface area contributed by atoms with Crippen LogP contribution in [0.3, 0.4) is 0 Å². The molecule has 146 valence electrons. The lowest BCUT2D eigenvalue weighted by Crippen LogP contribution is -3.03. The van der Waals surface area contributed by atoms with Gasteiger partial charge in [-0.15, -0.1) is 0 Å². The highest BCUT2D eigenvalue weighted by atomic mass is 16.5. The second-order valence-corrected chi connectivity index (χ2v) is 8.24. The highest BCUT2D eigenvalue weighted by Crippen LogP contribution is 2.39. The molecule has 0 aromatic heterocycles. The summed E-state index contributed by atoms with van der Waals surface area (Å²) in [6.45, 7) is 4.06. The summed E-state index contributed by atoms with van der Waals surface area (Å²) in [5, 5.41) is 22.2. The maximum Gasteiger partial charge on any atom is 0.195 e. The van der Waals surface area contributed by atoms with Crippen molar-refractivity contribution in [2.24, 2.45) is 11.8 Å². The molecule has 2 saturated heterocycles. The highest BCUT2D eigenvalue weighted by molar-refractivity contribution is 4.98. The Labute approximate surface area is 150 Å². The van der Waals surface area contributed by atoms with Crippen LogP contribution in [0.25, 0.3) is 0 Å². The molecular formula is C18H34NO6+. The van der Waals surface area contributed by atoms with E-state index in [1.165, 1.54) is 0 Å². The molecule has 3 aliphatic rings. The molecule has 0 radical (unpaired) electrons. The molecular weight excluding hydrogens is 326 g/mol. The molecule has 0 spiro atoms. The molecule has 0 aromatic rings. The summed E-state index contributed by atoms with van der Waals surface area (Å²) in [6.07, 6.45) is 2.14. The monoisotopic (exact) mass is 360 g/mol. The van der Waals surface area contributed by atoms with Crippen molar-refractivity contribution < 1.29 is 34.5 Å². The van der Waals surface area contributed by atoms with Crippen molar-refractivity contribution in [1.29, 1.82) is 0 Å². The van der Waals surface area contributed by atoms with E-state index in [1.807, 2.05) is 0 Å². The van der Waals surface area contributed by atoms with Crippen LogP contribution in [-0.4, -0.2) is 79.9 Å².